The minimum atomic E-state index is 0.252. The normalized spacial score (nSPS) is 30.2. The number of ether oxygens (including phenoxy) is 2. The highest BCUT2D eigenvalue weighted by Crippen LogP contribution is 2.24. The molecule has 2 saturated heterocycles. The van der Waals surface area contributed by atoms with Gasteiger partial charge in [0.05, 0.1) is 19.3 Å². The van der Waals surface area contributed by atoms with Gasteiger partial charge in [0.1, 0.15) is 6.23 Å². The number of hydrogen-bond acceptors (Lipinski definition) is 3. The van der Waals surface area contributed by atoms with Crippen LogP contribution in [0.2, 0.25) is 0 Å². The average Bonchev–Trinajstić information content (AvgIpc) is 2.31. The highest BCUT2D eigenvalue weighted by atomic mass is 16.6. The van der Waals surface area contributed by atoms with Crippen molar-refractivity contribution < 1.29 is 9.47 Å². The van der Waals surface area contributed by atoms with E-state index in [1.807, 2.05) is 0 Å². The summed E-state index contributed by atoms with van der Waals surface area (Å²) in [6, 6.07) is 0. The Balaban J connectivity index is 0.000000386. The Kier molecular flexibility index (Phi) is 7.01. The lowest BCUT2D eigenvalue weighted by Gasteiger charge is -2.43. The quantitative estimate of drug-likeness (QED) is 0.726. The van der Waals surface area contributed by atoms with E-state index < -0.39 is 0 Å². The molecule has 2 fully saturated rings. The molecule has 0 spiro atoms. The van der Waals surface area contributed by atoms with Crippen LogP contribution in [0.25, 0.3) is 0 Å². The van der Waals surface area contributed by atoms with Crippen LogP contribution < -0.4 is 0 Å². The second kappa shape index (κ2) is 8.04. The molecular weight excluding hydrogens is 202 g/mol. The van der Waals surface area contributed by atoms with Crippen molar-refractivity contribution in [3.8, 4) is 0 Å². The van der Waals surface area contributed by atoms with Crippen molar-refractivity contribution in [2.75, 3.05) is 26.3 Å². The first-order valence-electron chi connectivity index (χ1n) is 6.80. The van der Waals surface area contributed by atoms with Crippen molar-refractivity contribution in [1.29, 1.82) is 0 Å². The summed E-state index contributed by atoms with van der Waals surface area (Å²) in [6.07, 6.45) is 5.47. The van der Waals surface area contributed by atoms with Crippen LogP contribution in [-0.4, -0.2) is 43.5 Å². The molecule has 0 aromatic heterocycles. The Morgan fingerprint density at radius 1 is 1.12 bits per heavy atom. The second-order valence-corrected chi connectivity index (χ2v) is 4.56. The topological polar surface area (TPSA) is 21.7 Å². The Hall–Kier alpha value is -0.120. The summed E-state index contributed by atoms with van der Waals surface area (Å²) in [7, 11) is 0. The van der Waals surface area contributed by atoms with Gasteiger partial charge in [-0.25, -0.2) is 0 Å². The van der Waals surface area contributed by atoms with Crippen LogP contribution in [-0.2, 0) is 9.47 Å². The third kappa shape index (κ3) is 4.04. The maximum Gasteiger partial charge on any atom is 0.137 e. The molecule has 0 aromatic rings. The van der Waals surface area contributed by atoms with Crippen LogP contribution in [0.1, 0.15) is 46.5 Å². The van der Waals surface area contributed by atoms with Gasteiger partial charge in [0, 0.05) is 13.1 Å². The number of likely N-dealkylation sites (tertiary alicyclic amines) is 1. The molecule has 0 saturated carbocycles. The molecular formula is C13H27NO2. The fourth-order valence-corrected chi connectivity index (χ4v) is 2.27. The molecule has 2 unspecified atom stereocenters. The van der Waals surface area contributed by atoms with Crippen LogP contribution >= 0.6 is 0 Å². The third-order valence-electron chi connectivity index (χ3n) is 2.83. The van der Waals surface area contributed by atoms with Crippen molar-refractivity contribution >= 4 is 0 Å². The van der Waals surface area contributed by atoms with Gasteiger partial charge < -0.3 is 9.47 Å². The minimum absolute atomic E-state index is 0.252. The zero-order chi connectivity index (χ0) is 11.8. The second-order valence-electron chi connectivity index (χ2n) is 4.56. The molecule has 0 N–H and O–H groups in total. The summed E-state index contributed by atoms with van der Waals surface area (Å²) in [5.41, 5.74) is 0. The van der Waals surface area contributed by atoms with E-state index in [9.17, 15) is 0 Å². The summed E-state index contributed by atoms with van der Waals surface area (Å²) in [4.78, 5) is 2.42. The Labute approximate surface area is 100 Å². The zero-order valence-electron chi connectivity index (χ0n) is 11.1. The summed E-state index contributed by atoms with van der Waals surface area (Å²) in [6.45, 7) is 10.3. The average molecular weight is 229 g/mol. The monoisotopic (exact) mass is 229 g/mol. The van der Waals surface area contributed by atoms with E-state index in [1.54, 1.807) is 0 Å². The van der Waals surface area contributed by atoms with E-state index in [0.29, 0.717) is 6.10 Å². The zero-order valence-corrected chi connectivity index (χ0v) is 11.1. The lowest BCUT2D eigenvalue weighted by molar-refractivity contribution is -0.212. The van der Waals surface area contributed by atoms with Gasteiger partial charge in [0.25, 0.3) is 0 Å². The SMILES string of the molecule is CCC.CCCN1CCCC2OCCOC21. The summed E-state index contributed by atoms with van der Waals surface area (Å²) >= 11 is 0. The lowest BCUT2D eigenvalue weighted by atomic mass is 10.1. The van der Waals surface area contributed by atoms with Gasteiger partial charge in [0.15, 0.2) is 0 Å². The molecule has 2 aliphatic rings. The molecule has 2 rings (SSSR count). The Morgan fingerprint density at radius 3 is 2.50 bits per heavy atom. The van der Waals surface area contributed by atoms with Gasteiger partial charge in [-0.3, -0.25) is 4.90 Å². The first-order valence-corrected chi connectivity index (χ1v) is 6.80. The van der Waals surface area contributed by atoms with Crippen molar-refractivity contribution in [2.24, 2.45) is 0 Å². The number of piperidine rings is 1. The van der Waals surface area contributed by atoms with Crippen molar-refractivity contribution in [3.63, 3.8) is 0 Å². The van der Waals surface area contributed by atoms with E-state index >= 15 is 0 Å². The maximum absolute atomic E-state index is 5.75. The molecule has 0 aromatic carbocycles. The summed E-state index contributed by atoms with van der Waals surface area (Å²) in [5, 5.41) is 0. The van der Waals surface area contributed by atoms with Crippen molar-refractivity contribution in [3.05, 3.63) is 0 Å². The van der Waals surface area contributed by atoms with E-state index in [0.717, 1.165) is 19.8 Å². The molecule has 3 nitrogen and oxygen atoms in total. The van der Waals surface area contributed by atoms with Gasteiger partial charge >= 0.3 is 0 Å². The van der Waals surface area contributed by atoms with Crippen LogP contribution in [0.5, 0.6) is 0 Å². The smallest absolute Gasteiger partial charge is 0.137 e. The van der Waals surface area contributed by atoms with E-state index in [1.165, 1.54) is 32.2 Å². The third-order valence-corrected chi connectivity index (χ3v) is 2.83. The molecule has 2 aliphatic heterocycles. The number of nitrogens with zero attached hydrogens (tertiary/aromatic N) is 1. The summed E-state index contributed by atoms with van der Waals surface area (Å²) in [5.74, 6) is 0. The van der Waals surface area contributed by atoms with E-state index in [4.69, 9.17) is 9.47 Å². The number of hydrogen-bond donors (Lipinski definition) is 0. The van der Waals surface area contributed by atoms with Crippen LogP contribution in [0.3, 0.4) is 0 Å². The van der Waals surface area contributed by atoms with Gasteiger partial charge in [0.2, 0.25) is 0 Å². The molecule has 0 aliphatic carbocycles. The molecule has 0 bridgehead atoms. The molecule has 16 heavy (non-hydrogen) atoms. The molecule has 3 heteroatoms. The van der Waals surface area contributed by atoms with Gasteiger partial charge in [-0.15, -0.1) is 0 Å². The fraction of sp³-hybridized carbons (Fsp3) is 1.00. The van der Waals surface area contributed by atoms with Crippen molar-refractivity contribution in [2.45, 2.75) is 58.8 Å². The number of rotatable bonds is 2. The molecule has 2 atom stereocenters. The minimum Gasteiger partial charge on any atom is -0.372 e. The largest absolute Gasteiger partial charge is 0.372 e. The van der Waals surface area contributed by atoms with Crippen LogP contribution in [0.15, 0.2) is 0 Å². The molecule has 0 amide bonds. The predicted octanol–water partition coefficient (Wildman–Crippen LogP) is 2.65. The van der Waals surface area contributed by atoms with E-state index in [-0.39, 0.29) is 6.23 Å². The highest BCUT2D eigenvalue weighted by molar-refractivity contribution is 4.80. The fourth-order valence-electron chi connectivity index (χ4n) is 2.27. The van der Waals surface area contributed by atoms with Crippen LogP contribution in [0, 0.1) is 0 Å². The van der Waals surface area contributed by atoms with Gasteiger partial charge in [-0.2, -0.15) is 0 Å². The predicted molar refractivity (Wildman–Crippen MR) is 66.5 cm³/mol. The van der Waals surface area contributed by atoms with Gasteiger partial charge in [-0.05, 0) is 19.3 Å². The highest BCUT2D eigenvalue weighted by Gasteiger charge is 2.34. The first-order chi connectivity index (χ1) is 7.83. The first kappa shape index (κ1) is 13.9. The molecule has 96 valence electrons. The van der Waals surface area contributed by atoms with Gasteiger partial charge in [-0.1, -0.05) is 27.2 Å². The Bertz CT molecular complexity index is 171. The van der Waals surface area contributed by atoms with Crippen molar-refractivity contribution in [1.82, 2.24) is 4.90 Å². The Morgan fingerprint density at radius 2 is 1.81 bits per heavy atom. The molecule has 0 radical (unpaired) electrons. The van der Waals surface area contributed by atoms with Crippen LogP contribution in [0.4, 0.5) is 0 Å². The molecule has 2 heterocycles. The number of fused-ring (bicyclic) bond motifs is 1. The van der Waals surface area contributed by atoms with E-state index in [2.05, 4.69) is 25.7 Å². The lowest BCUT2D eigenvalue weighted by Crippen LogP contribution is -2.53. The standard InChI is InChI=1S/C10H19NO2.C3H8/c1-2-5-11-6-3-4-9-10(11)13-8-7-12-9;1-3-2/h9-10H,2-8H2,1H3;3H2,1-2H3. The maximum atomic E-state index is 5.75. The summed E-state index contributed by atoms with van der Waals surface area (Å²) < 4.78 is 11.4.